The zero-order valence-electron chi connectivity index (χ0n) is 16.9. The highest BCUT2D eigenvalue weighted by Crippen LogP contribution is 2.20. The lowest BCUT2D eigenvalue weighted by molar-refractivity contribution is -0.126. The van der Waals surface area contributed by atoms with Crippen LogP contribution in [0, 0.1) is 5.92 Å². The summed E-state index contributed by atoms with van der Waals surface area (Å²) >= 11 is 0. The molecule has 2 aromatic rings. The highest BCUT2D eigenvalue weighted by molar-refractivity contribution is 5.78. The van der Waals surface area contributed by atoms with E-state index in [4.69, 9.17) is 4.74 Å². The van der Waals surface area contributed by atoms with Crippen molar-refractivity contribution in [1.29, 1.82) is 0 Å². The van der Waals surface area contributed by atoms with Crippen LogP contribution in [0.5, 0.6) is 5.75 Å². The number of rotatable bonds is 9. The minimum atomic E-state index is 0.155. The van der Waals surface area contributed by atoms with Crippen LogP contribution in [-0.4, -0.2) is 37.0 Å². The van der Waals surface area contributed by atoms with Crippen molar-refractivity contribution in [1.82, 2.24) is 10.2 Å². The average molecular weight is 381 g/mol. The van der Waals surface area contributed by atoms with Gasteiger partial charge in [0, 0.05) is 19.0 Å². The molecule has 1 N–H and O–H groups in total. The van der Waals surface area contributed by atoms with Gasteiger partial charge in [0.25, 0.3) is 0 Å². The Bertz CT molecular complexity index is 724. The maximum absolute atomic E-state index is 12.5. The molecule has 2 aromatic carbocycles. The van der Waals surface area contributed by atoms with E-state index < -0.39 is 0 Å². The average Bonchev–Trinajstić information content (AvgIpc) is 2.73. The summed E-state index contributed by atoms with van der Waals surface area (Å²) in [6.45, 7) is 6.38. The molecule has 28 heavy (non-hydrogen) atoms. The lowest BCUT2D eigenvalue weighted by Gasteiger charge is -2.31. The molecule has 0 saturated carbocycles. The van der Waals surface area contributed by atoms with Crippen LogP contribution in [0.15, 0.2) is 54.6 Å². The van der Waals surface area contributed by atoms with Crippen molar-refractivity contribution in [3.8, 4) is 5.75 Å². The highest BCUT2D eigenvalue weighted by atomic mass is 16.5. The Hall–Kier alpha value is -2.33. The zero-order valence-corrected chi connectivity index (χ0v) is 16.9. The summed E-state index contributed by atoms with van der Waals surface area (Å²) in [6.07, 6.45) is 3.76. The van der Waals surface area contributed by atoms with E-state index in [9.17, 15) is 4.79 Å². The number of carbonyl (C=O) groups excluding carboxylic acids is 1. The third-order valence-corrected chi connectivity index (χ3v) is 5.40. The molecule has 1 aliphatic heterocycles. The maximum atomic E-state index is 12.5. The normalized spacial score (nSPS) is 15.3. The molecule has 1 saturated heterocycles. The van der Waals surface area contributed by atoms with E-state index in [0.717, 1.165) is 57.6 Å². The molecule has 4 heteroatoms. The van der Waals surface area contributed by atoms with Gasteiger partial charge in [0.1, 0.15) is 5.75 Å². The van der Waals surface area contributed by atoms with Crippen LogP contribution in [0.3, 0.4) is 0 Å². The third kappa shape index (κ3) is 6.10. The second kappa shape index (κ2) is 10.9. The second-order valence-corrected chi connectivity index (χ2v) is 7.47. The van der Waals surface area contributed by atoms with Gasteiger partial charge in [0.05, 0.1) is 6.61 Å². The summed E-state index contributed by atoms with van der Waals surface area (Å²) in [5, 5.41) is 3.14. The maximum Gasteiger partial charge on any atom is 0.223 e. The van der Waals surface area contributed by atoms with E-state index in [-0.39, 0.29) is 11.8 Å². The van der Waals surface area contributed by atoms with Gasteiger partial charge in [-0.2, -0.15) is 0 Å². The van der Waals surface area contributed by atoms with E-state index in [1.54, 1.807) is 0 Å². The summed E-state index contributed by atoms with van der Waals surface area (Å²) in [7, 11) is 0. The largest absolute Gasteiger partial charge is 0.494 e. The molecule has 0 aliphatic carbocycles. The number of ether oxygens (including phenoxy) is 1. The number of piperidine rings is 1. The van der Waals surface area contributed by atoms with Gasteiger partial charge in [-0.15, -0.1) is 0 Å². The molecule has 0 bridgehead atoms. The smallest absolute Gasteiger partial charge is 0.223 e. The van der Waals surface area contributed by atoms with Crippen molar-refractivity contribution in [3.05, 3.63) is 65.7 Å². The summed E-state index contributed by atoms with van der Waals surface area (Å²) in [5.74, 6) is 1.34. The van der Waals surface area contributed by atoms with Crippen LogP contribution in [0.1, 0.15) is 37.3 Å². The standard InChI is InChI=1S/C24H32N2O2/c1-2-28-23-13-7-6-11-21(23)12-8-16-25-24(27)22-14-17-26(18-15-22)19-20-9-4-3-5-10-20/h3-7,9-11,13,22H,2,8,12,14-19H2,1H3,(H,25,27). The Morgan fingerprint density at radius 1 is 1.07 bits per heavy atom. The molecule has 1 heterocycles. The van der Waals surface area contributed by atoms with Gasteiger partial charge in [-0.05, 0) is 62.9 Å². The topological polar surface area (TPSA) is 41.6 Å². The van der Waals surface area contributed by atoms with Crippen LogP contribution in [0.4, 0.5) is 0 Å². The van der Waals surface area contributed by atoms with Crippen molar-refractivity contribution in [2.24, 2.45) is 5.92 Å². The summed E-state index contributed by atoms with van der Waals surface area (Å²) in [6, 6.07) is 18.7. The number of para-hydroxylation sites is 1. The molecule has 0 atom stereocenters. The molecular formula is C24H32N2O2. The van der Waals surface area contributed by atoms with Gasteiger partial charge >= 0.3 is 0 Å². The van der Waals surface area contributed by atoms with E-state index in [2.05, 4.69) is 46.6 Å². The molecule has 0 aromatic heterocycles. The van der Waals surface area contributed by atoms with Crippen molar-refractivity contribution in [3.63, 3.8) is 0 Å². The van der Waals surface area contributed by atoms with E-state index in [0.29, 0.717) is 6.61 Å². The van der Waals surface area contributed by atoms with Crippen LogP contribution in [0.25, 0.3) is 0 Å². The van der Waals surface area contributed by atoms with Crippen molar-refractivity contribution < 1.29 is 9.53 Å². The Morgan fingerprint density at radius 3 is 2.54 bits per heavy atom. The lowest BCUT2D eigenvalue weighted by Crippen LogP contribution is -2.40. The van der Waals surface area contributed by atoms with Gasteiger partial charge < -0.3 is 10.1 Å². The zero-order chi connectivity index (χ0) is 19.6. The van der Waals surface area contributed by atoms with Crippen LogP contribution in [-0.2, 0) is 17.8 Å². The first-order valence-corrected chi connectivity index (χ1v) is 10.5. The van der Waals surface area contributed by atoms with Gasteiger partial charge in [0.15, 0.2) is 0 Å². The number of nitrogens with one attached hydrogen (secondary N) is 1. The fourth-order valence-electron chi connectivity index (χ4n) is 3.84. The van der Waals surface area contributed by atoms with Crippen molar-refractivity contribution in [2.75, 3.05) is 26.2 Å². The molecule has 3 rings (SSSR count). The van der Waals surface area contributed by atoms with Gasteiger partial charge in [0.2, 0.25) is 5.91 Å². The number of carbonyl (C=O) groups is 1. The molecule has 1 aliphatic rings. The number of benzene rings is 2. The fourth-order valence-corrected chi connectivity index (χ4v) is 3.84. The molecule has 0 unspecified atom stereocenters. The van der Waals surface area contributed by atoms with E-state index in [1.807, 2.05) is 25.1 Å². The predicted octanol–water partition coefficient (Wildman–Crippen LogP) is 4.05. The van der Waals surface area contributed by atoms with Gasteiger partial charge in [-0.1, -0.05) is 48.5 Å². The fraction of sp³-hybridized carbons (Fsp3) is 0.458. The summed E-state index contributed by atoms with van der Waals surface area (Å²) in [4.78, 5) is 14.9. The van der Waals surface area contributed by atoms with Crippen LogP contribution >= 0.6 is 0 Å². The molecular weight excluding hydrogens is 348 g/mol. The van der Waals surface area contributed by atoms with Gasteiger partial charge in [-0.3, -0.25) is 9.69 Å². The molecule has 1 fully saturated rings. The Morgan fingerprint density at radius 2 is 1.79 bits per heavy atom. The molecule has 0 spiro atoms. The molecule has 1 amide bonds. The summed E-state index contributed by atoms with van der Waals surface area (Å²) in [5.41, 5.74) is 2.56. The SMILES string of the molecule is CCOc1ccccc1CCCNC(=O)C1CCN(Cc2ccccc2)CC1. The van der Waals surface area contributed by atoms with Gasteiger partial charge in [-0.25, -0.2) is 0 Å². The number of hydrogen-bond acceptors (Lipinski definition) is 3. The third-order valence-electron chi connectivity index (χ3n) is 5.40. The minimum absolute atomic E-state index is 0.155. The highest BCUT2D eigenvalue weighted by Gasteiger charge is 2.24. The minimum Gasteiger partial charge on any atom is -0.494 e. The van der Waals surface area contributed by atoms with E-state index in [1.165, 1.54) is 11.1 Å². The lowest BCUT2D eigenvalue weighted by atomic mass is 9.95. The van der Waals surface area contributed by atoms with Crippen LogP contribution in [0.2, 0.25) is 0 Å². The van der Waals surface area contributed by atoms with Crippen molar-refractivity contribution >= 4 is 5.91 Å². The molecule has 4 nitrogen and oxygen atoms in total. The van der Waals surface area contributed by atoms with E-state index >= 15 is 0 Å². The number of amides is 1. The predicted molar refractivity (Wildman–Crippen MR) is 113 cm³/mol. The number of nitrogens with zero attached hydrogens (tertiary/aromatic N) is 1. The quantitative estimate of drug-likeness (QED) is 0.668. The second-order valence-electron chi connectivity index (χ2n) is 7.47. The first kappa shape index (κ1) is 20.4. The van der Waals surface area contributed by atoms with Crippen LogP contribution < -0.4 is 10.1 Å². The molecule has 150 valence electrons. The number of hydrogen-bond donors (Lipinski definition) is 1. The Balaban J connectivity index is 1.35. The Labute approximate surface area is 168 Å². The monoisotopic (exact) mass is 380 g/mol. The first-order chi connectivity index (χ1) is 13.8. The number of likely N-dealkylation sites (tertiary alicyclic amines) is 1. The first-order valence-electron chi connectivity index (χ1n) is 10.5. The van der Waals surface area contributed by atoms with Crippen molar-refractivity contribution in [2.45, 2.75) is 39.2 Å². The summed E-state index contributed by atoms with van der Waals surface area (Å²) < 4.78 is 5.67. The number of aryl methyl sites for hydroxylation is 1. The molecule has 0 radical (unpaired) electrons. The Kier molecular flexibility index (Phi) is 7.92.